The monoisotopic (exact) mass is 290 g/mol. The van der Waals surface area contributed by atoms with Gasteiger partial charge in [0, 0.05) is 25.2 Å². The van der Waals surface area contributed by atoms with Crippen LogP contribution in [0.2, 0.25) is 0 Å². The number of carbonyl (C=O) groups is 1. The van der Waals surface area contributed by atoms with Crippen molar-refractivity contribution in [3.05, 3.63) is 30.1 Å². The van der Waals surface area contributed by atoms with Crippen LogP contribution in [0.1, 0.15) is 32.6 Å². The SMILES string of the molecule is CC(C)(C)OC(=O)N1CC2C(C(O)c3ccccn3)[C@@H]2C1. The number of pyridine rings is 1. The quantitative estimate of drug-likeness (QED) is 0.907. The number of likely N-dealkylation sites (tertiary alicyclic amines) is 1. The van der Waals surface area contributed by atoms with E-state index < -0.39 is 11.7 Å². The number of carbonyl (C=O) groups excluding carboxylic acids is 1. The lowest BCUT2D eigenvalue weighted by Gasteiger charge is -2.26. The van der Waals surface area contributed by atoms with Crippen molar-refractivity contribution < 1.29 is 14.6 Å². The Hall–Kier alpha value is -1.62. The van der Waals surface area contributed by atoms with Crippen molar-refractivity contribution in [3.63, 3.8) is 0 Å². The zero-order valence-electron chi connectivity index (χ0n) is 12.7. The van der Waals surface area contributed by atoms with Crippen LogP contribution >= 0.6 is 0 Å². The summed E-state index contributed by atoms with van der Waals surface area (Å²) in [7, 11) is 0. The highest BCUT2D eigenvalue weighted by atomic mass is 16.6. The van der Waals surface area contributed by atoms with Crippen molar-refractivity contribution in [1.82, 2.24) is 9.88 Å². The van der Waals surface area contributed by atoms with Crippen molar-refractivity contribution in [2.75, 3.05) is 13.1 Å². The number of aromatic nitrogens is 1. The number of aliphatic hydroxyl groups excluding tert-OH is 1. The fourth-order valence-electron chi connectivity index (χ4n) is 3.26. The number of rotatable bonds is 2. The van der Waals surface area contributed by atoms with Gasteiger partial charge in [-0.1, -0.05) is 6.07 Å². The van der Waals surface area contributed by atoms with E-state index >= 15 is 0 Å². The van der Waals surface area contributed by atoms with Crippen LogP contribution < -0.4 is 0 Å². The molecule has 3 rings (SSSR count). The molecule has 4 atom stereocenters. The second-order valence-corrected chi connectivity index (χ2v) is 6.99. The van der Waals surface area contributed by atoms with E-state index in [4.69, 9.17) is 4.74 Å². The Labute approximate surface area is 124 Å². The zero-order valence-corrected chi connectivity index (χ0v) is 12.7. The lowest BCUT2D eigenvalue weighted by Crippen LogP contribution is -2.37. The van der Waals surface area contributed by atoms with Gasteiger partial charge in [-0.3, -0.25) is 4.98 Å². The Kier molecular flexibility index (Phi) is 3.40. The molecule has 3 unspecified atom stereocenters. The van der Waals surface area contributed by atoms with Crippen molar-refractivity contribution in [3.8, 4) is 0 Å². The smallest absolute Gasteiger partial charge is 0.410 e. The van der Waals surface area contributed by atoms with E-state index in [2.05, 4.69) is 4.98 Å². The molecular weight excluding hydrogens is 268 g/mol. The van der Waals surface area contributed by atoms with Crippen LogP contribution in [-0.4, -0.2) is 39.8 Å². The minimum Gasteiger partial charge on any atom is -0.444 e. The number of aliphatic hydroxyl groups is 1. The van der Waals surface area contributed by atoms with E-state index in [1.54, 1.807) is 11.1 Å². The molecule has 2 fully saturated rings. The summed E-state index contributed by atoms with van der Waals surface area (Å²) in [5, 5.41) is 10.4. The van der Waals surface area contributed by atoms with Gasteiger partial charge in [0.1, 0.15) is 5.60 Å². The van der Waals surface area contributed by atoms with Crippen LogP contribution in [0, 0.1) is 17.8 Å². The second-order valence-electron chi connectivity index (χ2n) is 6.99. The molecule has 1 N–H and O–H groups in total. The fourth-order valence-corrected chi connectivity index (χ4v) is 3.26. The Morgan fingerprint density at radius 1 is 1.38 bits per heavy atom. The first-order valence-electron chi connectivity index (χ1n) is 7.44. The molecule has 0 bridgehead atoms. The van der Waals surface area contributed by atoms with Gasteiger partial charge in [0.15, 0.2) is 0 Å². The van der Waals surface area contributed by atoms with Gasteiger partial charge >= 0.3 is 6.09 Å². The van der Waals surface area contributed by atoms with E-state index in [9.17, 15) is 9.90 Å². The number of piperidine rings is 1. The Balaban J connectivity index is 1.56. The summed E-state index contributed by atoms with van der Waals surface area (Å²) in [4.78, 5) is 18.0. The maximum Gasteiger partial charge on any atom is 0.410 e. The minimum absolute atomic E-state index is 0.221. The van der Waals surface area contributed by atoms with Crippen molar-refractivity contribution in [2.45, 2.75) is 32.5 Å². The van der Waals surface area contributed by atoms with E-state index in [1.165, 1.54) is 0 Å². The van der Waals surface area contributed by atoms with Crippen molar-refractivity contribution in [2.24, 2.45) is 17.8 Å². The van der Waals surface area contributed by atoms with E-state index in [1.807, 2.05) is 39.0 Å². The summed E-state index contributed by atoms with van der Waals surface area (Å²) in [6.07, 6.45) is 0.923. The van der Waals surface area contributed by atoms with Crippen molar-refractivity contribution >= 4 is 6.09 Å². The summed E-state index contributed by atoms with van der Waals surface area (Å²) in [5.41, 5.74) is 0.261. The summed E-state index contributed by atoms with van der Waals surface area (Å²) in [6, 6.07) is 5.58. The number of hydrogen-bond donors (Lipinski definition) is 1. The molecule has 1 aromatic heterocycles. The summed E-state index contributed by atoms with van der Waals surface area (Å²) >= 11 is 0. The van der Waals surface area contributed by atoms with Gasteiger partial charge in [-0.25, -0.2) is 4.79 Å². The highest BCUT2D eigenvalue weighted by molar-refractivity contribution is 5.69. The third-order valence-corrected chi connectivity index (χ3v) is 4.27. The second kappa shape index (κ2) is 4.98. The van der Waals surface area contributed by atoms with Crippen molar-refractivity contribution in [1.29, 1.82) is 0 Å². The third kappa shape index (κ3) is 2.88. The van der Waals surface area contributed by atoms with Gasteiger partial charge in [0.2, 0.25) is 0 Å². The van der Waals surface area contributed by atoms with E-state index in [-0.39, 0.29) is 12.0 Å². The summed E-state index contributed by atoms with van der Waals surface area (Å²) in [5.74, 6) is 0.961. The molecule has 0 spiro atoms. The maximum absolute atomic E-state index is 12.0. The van der Waals surface area contributed by atoms with Crippen LogP contribution in [-0.2, 0) is 4.74 Å². The molecule has 1 amide bonds. The highest BCUT2D eigenvalue weighted by Gasteiger charge is 2.60. The molecule has 2 aliphatic rings. The molecule has 0 radical (unpaired) electrons. The molecule has 1 saturated heterocycles. The van der Waals surface area contributed by atoms with E-state index in [0.29, 0.717) is 24.9 Å². The van der Waals surface area contributed by atoms with Gasteiger partial charge in [-0.05, 0) is 44.7 Å². The Bertz CT molecular complexity index is 514. The van der Waals surface area contributed by atoms with Crippen LogP contribution in [0.25, 0.3) is 0 Å². The minimum atomic E-state index is -0.526. The predicted molar refractivity (Wildman–Crippen MR) is 77.5 cm³/mol. The van der Waals surface area contributed by atoms with Crippen LogP contribution in [0.15, 0.2) is 24.4 Å². The lowest BCUT2D eigenvalue weighted by molar-refractivity contribution is 0.0240. The van der Waals surface area contributed by atoms with Gasteiger partial charge in [0.05, 0.1) is 11.8 Å². The average molecular weight is 290 g/mol. The molecule has 1 saturated carbocycles. The Morgan fingerprint density at radius 3 is 2.57 bits per heavy atom. The molecule has 1 aromatic rings. The molecule has 5 nitrogen and oxygen atoms in total. The molecular formula is C16H22N2O3. The van der Waals surface area contributed by atoms with Gasteiger partial charge in [-0.15, -0.1) is 0 Å². The fraction of sp³-hybridized carbons (Fsp3) is 0.625. The highest BCUT2D eigenvalue weighted by Crippen LogP contribution is 2.57. The normalized spacial score (nSPS) is 29.0. The third-order valence-electron chi connectivity index (χ3n) is 4.27. The van der Waals surface area contributed by atoms with Gasteiger partial charge < -0.3 is 14.7 Å². The topological polar surface area (TPSA) is 62.7 Å². The zero-order chi connectivity index (χ0) is 15.2. The number of hydrogen-bond acceptors (Lipinski definition) is 4. The largest absolute Gasteiger partial charge is 0.444 e. The van der Waals surface area contributed by atoms with Crippen LogP contribution in [0.4, 0.5) is 4.79 Å². The number of amides is 1. The molecule has 114 valence electrons. The van der Waals surface area contributed by atoms with E-state index in [0.717, 1.165) is 5.69 Å². The molecule has 2 heterocycles. The standard InChI is InChI=1S/C16H22N2O3/c1-16(2,3)21-15(20)18-8-10-11(9-18)13(10)14(19)12-6-4-5-7-17-12/h4-7,10-11,13-14,19H,8-9H2,1-3H3/t10-,11?,13?,14?/m1/s1. The predicted octanol–water partition coefficient (Wildman–Crippen LogP) is 2.23. The number of fused-ring (bicyclic) bond motifs is 1. The number of ether oxygens (including phenoxy) is 1. The molecule has 1 aliphatic carbocycles. The lowest BCUT2D eigenvalue weighted by atomic mass is 10.1. The average Bonchev–Trinajstić information content (AvgIpc) is 2.90. The molecule has 5 heteroatoms. The summed E-state index contributed by atoms with van der Waals surface area (Å²) in [6.45, 7) is 6.96. The van der Waals surface area contributed by atoms with Crippen LogP contribution in [0.3, 0.4) is 0 Å². The first-order chi connectivity index (χ1) is 9.87. The number of nitrogens with zero attached hydrogens (tertiary/aromatic N) is 2. The van der Waals surface area contributed by atoms with Gasteiger partial charge in [0.25, 0.3) is 0 Å². The molecule has 1 aliphatic heterocycles. The maximum atomic E-state index is 12.0. The molecule has 21 heavy (non-hydrogen) atoms. The summed E-state index contributed by atoms with van der Waals surface area (Å²) < 4.78 is 5.38. The van der Waals surface area contributed by atoms with Gasteiger partial charge in [-0.2, -0.15) is 0 Å². The first kappa shape index (κ1) is 14.3. The Morgan fingerprint density at radius 2 is 2.05 bits per heavy atom. The first-order valence-corrected chi connectivity index (χ1v) is 7.44. The molecule has 0 aromatic carbocycles. The van der Waals surface area contributed by atoms with Crippen LogP contribution in [0.5, 0.6) is 0 Å².